The van der Waals surface area contributed by atoms with Crippen LogP contribution >= 0.6 is 0 Å². The number of anilines is 1. The number of methoxy groups -OCH3 is 2. The molecule has 0 aliphatic rings. The van der Waals surface area contributed by atoms with E-state index >= 15 is 0 Å². The molecule has 0 atom stereocenters. The first-order chi connectivity index (χ1) is 11.1. The molecule has 0 unspecified atom stereocenters. The number of nitrogen functional groups attached to an aromatic ring is 1. The summed E-state index contributed by atoms with van der Waals surface area (Å²) in [5.41, 5.74) is 9.09. The highest BCUT2D eigenvalue weighted by Gasteiger charge is 2.14. The summed E-state index contributed by atoms with van der Waals surface area (Å²) in [6.07, 6.45) is 0.514. The van der Waals surface area contributed by atoms with Crippen LogP contribution in [-0.2, 0) is 11.2 Å². The maximum atomic E-state index is 11.6. The van der Waals surface area contributed by atoms with Crippen LogP contribution in [0.2, 0.25) is 0 Å². The van der Waals surface area contributed by atoms with Crippen LogP contribution < -0.4 is 10.5 Å². The third-order valence-corrected chi connectivity index (χ3v) is 3.48. The molecule has 0 radical (unpaired) electrons. The smallest absolute Gasteiger partial charge is 0.337 e. The molecule has 0 saturated heterocycles. The largest absolute Gasteiger partial charge is 0.496 e. The predicted octanol–water partition coefficient (Wildman–Crippen LogP) is 1.32. The maximum absolute atomic E-state index is 11.6. The fraction of sp³-hybridized carbons (Fsp3) is 0.200. The van der Waals surface area contributed by atoms with E-state index < -0.39 is 5.97 Å². The Morgan fingerprint density at radius 2 is 2.04 bits per heavy atom. The van der Waals surface area contributed by atoms with Gasteiger partial charge in [-0.25, -0.2) is 9.78 Å². The van der Waals surface area contributed by atoms with Crippen molar-refractivity contribution in [2.24, 2.45) is 0 Å². The molecule has 0 aliphatic carbocycles. The van der Waals surface area contributed by atoms with Gasteiger partial charge in [0.15, 0.2) is 0 Å². The number of H-pyrrole nitrogens is 1. The molecule has 0 saturated carbocycles. The molecule has 8 heteroatoms. The van der Waals surface area contributed by atoms with Gasteiger partial charge in [-0.2, -0.15) is 10.3 Å². The number of pyridine rings is 1. The van der Waals surface area contributed by atoms with Crippen LogP contribution in [0.4, 0.5) is 5.82 Å². The minimum absolute atomic E-state index is 0.367. The van der Waals surface area contributed by atoms with Crippen LogP contribution in [0.1, 0.15) is 21.5 Å². The average molecular weight is 313 g/mol. The van der Waals surface area contributed by atoms with Crippen LogP contribution in [0.15, 0.2) is 24.3 Å². The molecular weight excluding hydrogens is 298 g/mol. The van der Waals surface area contributed by atoms with E-state index in [9.17, 15) is 4.79 Å². The van der Waals surface area contributed by atoms with Crippen molar-refractivity contribution in [2.75, 3.05) is 20.0 Å². The number of hydrogen-bond donors (Lipinski definition) is 2. The van der Waals surface area contributed by atoms with Crippen molar-refractivity contribution >= 4 is 23.0 Å². The molecule has 3 rings (SSSR count). The molecule has 0 amide bonds. The third kappa shape index (κ3) is 2.78. The Labute approximate surface area is 131 Å². The van der Waals surface area contributed by atoms with Gasteiger partial charge in [-0.1, -0.05) is 6.07 Å². The lowest BCUT2D eigenvalue weighted by molar-refractivity contribution is 0.0600. The van der Waals surface area contributed by atoms with Gasteiger partial charge in [0.25, 0.3) is 0 Å². The van der Waals surface area contributed by atoms with Gasteiger partial charge in [-0.15, -0.1) is 5.10 Å². The Morgan fingerprint density at radius 1 is 1.22 bits per heavy atom. The average Bonchev–Trinajstić information content (AvgIpc) is 3.02. The number of nitrogens with zero attached hydrogens (tertiary/aromatic N) is 3. The number of nitrogens with two attached hydrogens (primary N) is 1. The summed E-state index contributed by atoms with van der Waals surface area (Å²) in [6, 6.07) is 6.89. The topological polar surface area (TPSA) is 116 Å². The Balaban J connectivity index is 2.01. The third-order valence-electron chi connectivity index (χ3n) is 3.48. The second-order valence-electron chi connectivity index (χ2n) is 4.90. The molecule has 0 bridgehead atoms. The van der Waals surface area contributed by atoms with E-state index in [1.165, 1.54) is 7.11 Å². The number of aromatic amines is 1. The summed E-state index contributed by atoms with van der Waals surface area (Å²) in [5.74, 6) is 0.536. The van der Waals surface area contributed by atoms with Crippen molar-refractivity contribution in [3.05, 3.63) is 41.0 Å². The number of ether oxygens (including phenoxy) is 2. The maximum Gasteiger partial charge on any atom is 0.337 e. The van der Waals surface area contributed by atoms with Crippen LogP contribution in [0.3, 0.4) is 0 Å². The van der Waals surface area contributed by atoms with Crippen molar-refractivity contribution in [3.8, 4) is 5.75 Å². The zero-order valence-electron chi connectivity index (χ0n) is 12.7. The monoisotopic (exact) mass is 313 g/mol. The second-order valence-corrected chi connectivity index (χ2v) is 4.90. The zero-order valence-corrected chi connectivity index (χ0v) is 12.7. The SMILES string of the molecule is COC(=O)c1ccc(Cc2cc(N)nc3n[nH]nc23)c(OC)c1. The number of fused-ring (bicyclic) bond motifs is 1. The first kappa shape index (κ1) is 14.8. The molecule has 23 heavy (non-hydrogen) atoms. The Kier molecular flexibility index (Phi) is 3.80. The highest BCUT2D eigenvalue weighted by atomic mass is 16.5. The van der Waals surface area contributed by atoms with Gasteiger partial charge in [-0.05, 0) is 29.3 Å². The minimum Gasteiger partial charge on any atom is -0.496 e. The van der Waals surface area contributed by atoms with Gasteiger partial charge in [0.05, 0.1) is 19.8 Å². The van der Waals surface area contributed by atoms with Gasteiger partial charge >= 0.3 is 5.97 Å². The molecule has 3 N–H and O–H groups in total. The molecule has 1 aromatic carbocycles. The number of carbonyl (C=O) groups is 1. The van der Waals surface area contributed by atoms with Crippen molar-refractivity contribution in [2.45, 2.75) is 6.42 Å². The Morgan fingerprint density at radius 3 is 2.78 bits per heavy atom. The summed E-state index contributed by atoms with van der Waals surface area (Å²) in [7, 11) is 2.89. The number of rotatable bonds is 4. The molecule has 3 aromatic rings. The van der Waals surface area contributed by atoms with Crippen LogP contribution in [0.5, 0.6) is 5.75 Å². The summed E-state index contributed by atoms with van der Waals surface area (Å²) < 4.78 is 10.1. The van der Waals surface area contributed by atoms with Crippen LogP contribution in [0, 0.1) is 0 Å². The summed E-state index contributed by atoms with van der Waals surface area (Å²) >= 11 is 0. The van der Waals surface area contributed by atoms with Gasteiger partial charge in [0.2, 0.25) is 5.65 Å². The van der Waals surface area contributed by atoms with Crippen molar-refractivity contribution in [3.63, 3.8) is 0 Å². The van der Waals surface area contributed by atoms with E-state index in [0.717, 1.165) is 11.1 Å². The highest BCUT2D eigenvalue weighted by Crippen LogP contribution is 2.26. The number of hydrogen-bond acceptors (Lipinski definition) is 7. The normalized spacial score (nSPS) is 10.7. The van der Waals surface area contributed by atoms with E-state index in [0.29, 0.717) is 34.7 Å². The van der Waals surface area contributed by atoms with E-state index in [4.69, 9.17) is 15.2 Å². The first-order valence-corrected chi connectivity index (χ1v) is 6.83. The minimum atomic E-state index is -0.415. The number of esters is 1. The lowest BCUT2D eigenvalue weighted by Gasteiger charge is -2.10. The van der Waals surface area contributed by atoms with Crippen molar-refractivity contribution in [1.29, 1.82) is 0 Å². The molecule has 8 nitrogen and oxygen atoms in total. The molecule has 0 aliphatic heterocycles. The summed E-state index contributed by atoms with van der Waals surface area (Å²) in [5, 5.41) is 10.6. The molecular formula is C15H15N5O3. The molecule has 2 aromatic heterocycles. The number of nitrogens with one attached hydrogen (secondary N) is 1. The van der Waals surface area contributed by atoms with Gasteiger partial charge in [0, 0.05) is 6.42 Å². The summed E-state index contributed by atoms with van der Waals surface area (Å²) in [4.78, 5) is 15.7. The molecule has 2 heterocycles. The quantitative estimate of drug-likeness (QED) is 0.698. The van der Waals surface area contributed by atoms with E-state index in [2.05, 4.69) is 20.4 Å². The van der Waals surface area contributed by atoms with Gasteiger partial charge < -0.3 is 15.2 Å². The standard InChI is InChI=1S/C15H15N5O3/c1-22-11-6-9(15(21)23-2)4-3-8(11)5-10-7-12(16)17-14-13(10)18-20-19-14/h3-4,6-7H,5H2,1-2H3,(H3,16,17,18,19,20). The highest BCUT2D eigenvalue weighted by molar-refractivity contribution is 5.90. The molecule has 118 valence electrons. The van der Waals surface area contributed by atoms with Crippen molar-refractivity contribution in [1.82, 2.24) is 20.4 Å². The van der Waals surface area contributed by atoms with E-state index in [1.807, 2.05) is 6.07 Å². The van der Waals surface area contributed by atoms with Gasteiger partial charge in [-0.3, -0.25) is 0 Å². The lowest BCUT2D eigenvalue weighted by atomic mass is 10.0. The number of benzene rings is 1. The zero-order chi connectivity index (χ0) is 16.4. The number of aromatic nitrogens is 4. The fourth-order valence-corrected chi connectivity index (χ4v) is 2.40. The van der Waals surface area contributed by atoms with Gasteiger partial charge in [0.1, 0.15) is 17.1 Å². The predicted molar refractivity (Wildman–Crippen MR) is 83.2 cm³/mol. The Bertz CT molecular complexity index is 875. The van der Waals surface area contributed by atoms with Crippen molar-refractivity contribution < 1.29 is 14.3 Å². The van der Waals surface area contributed by atoms with Crippen LogP contribution in [0.25, 0.3) is 11.2 Å². The van der Waals surface area contributed by atoms with E-state index in [-0.39, 0.29) is 0 Å². The number of carbonyl (C=O) groups excluding carboxylic acids is 1. The lowest BCUT2D eigenvalue weighted by Crippen LogP contribution is -2.03. The Hall–Kier alpha value is -3.16. The summed E-state index contributed by atoms with van der Waals surface area (Å²) in [6.45, 7) is 0. The molecule has 0 fully saturated rings. The molecule has 0 spiro atoms. The fourth-order valence-electron chi connectivity index (χ4n) is 2.40. The van der Waals surface area contributed by atoms with E-state index in [1.54, 1.807) is 25.3 Å². The second kappa shape index (κ2) is 5.91. The van der Waals surface area contributed by atoms with Crippen LogP contribution in [-0.4, -0.2) is 40.6 Å². The first-order valence-electron chi connectivity index (χ1n) is 6.83.